The molecule has 0 unspecified atom stereocenters. The molecular formula is C20H20F3N5O2. The van der Waals surface area contributed by atoms with Gasteiger partial charge in [0, 0.05) is 18.7 Å². The number of halogens is 3. The summed E-state index contributed by atoms with van der Waals surface area (Å²) in [4.78, 5) is 18.1. The normalized spacial score (nSPS) is 18.2. The van der Waals surface area contributed by atoms with Gasteiger partial charge in [-0.3, -0.25) is 10.6 Å². The van der Waals surface area contributed by atoms with Gasteiger partial charge in [0.25, 0.3) is 5.91 Å². The largest absolute Gasteiger partial charge is 0.449 e. The fraction of sp³-hybridized carbons (Fsp3) is 0.300. The van der Waals surface area contributed by atoms with Gasteiger partial charge in [-0.25, -0.2) is 9.99 Å². The molecule has 0 radical (unpaired) electrons. The first kappa shape index (κ1) is 20.3. The number of carbonyl (C=O) groups is 1. The molecule has 2 heterocycles. The minimum absolute atomic E-state index is 0.0474. The van der Waals surface area contributed by atoms with Gasteiger partial charge in [0.1, 0.15) is 0 Å². The predicted octanol–water partition coefficient (Wildman–Crippen LogP) is 1.97. The second-order valence-corrected chi connectivity index (χ2v) is 7.30. The number of alkyl halides is 3. The van der Waals surface area contributed by atoms with E-state index >= 15 is 0 Å². The molecule has 1 amide bonds. The lowest BCUT2D eigenvalue weighted by Crippen LogP contribution is -2.54. The number of fused-ring (bicyclic) bond motifs is 2. The van der Waals surface area contributed by atoms with Crippen molar-refractivity contribution < 1.29 is 23.1 Å². The zero-order valence-electron chi connectivity index (χ0n) is 15.8. The molecule has 1 aromatic heterocycles. The van der Waals surface area contributed by atoms with Crippen LogP contribution in [0.25, 0.3) is 11.0 Å². The number of carbonyl (C=O) groups excluding carboxylic acids is 1. The summed E-state index contributed by atoms with van der Waals surface area (Å²) in [7, 11) is 0. The highest BCUT2D eigenvalue weighted by molar-refractivity contribution is 5.97. The summed E-state index contributed by atoms with van der Waals surface area (Å²) in [5.74, 6) is 4.44. The minimum Gasteiger partial charge on any atom is -0.390 e. The number of hydrogen-bond donors (Lipinski definition) is 4. The van der Waals surface area contributed by atoms with Crippen LogP contribution < -0.4 is 11.2 Å². The summed E-state index contributed by atoms with van der Waals surface area (Å²) in [6, 6.07) is 11.5. The van der Waals surface area contributed by atoms with Crippen molar-refractivity contribution in [3.05, 3.63) is 65.0 Å². The van der Waals surface area contributed by atoms with Gasteiger partial charge in [-0.05, 0) is 35.7 Å². The lowest BCUT2D eigenvalue weighted by molar-refractivity contribution is -0.144. The van der Waals surface area contributed by atoms with E-state index in [0.717, 1.165) is 11.1 Å². The van der Waals surface area contributed by atoms with E-state index in [1.54, 1.807) is 5.01 Å². The third-order valence-electron chi connectivity index (χ3n) is 5.25. The highest BCUT2D eigenvalue weighted by atomic mass is 19.4. The topological polar surface area (TPSA) is 107 Å². The third-order valence-corrected chi connectivity index (χ3v) is 5.25. The van der Waals surface area contributed by atoms with E-state index in [1.165, 1.54) is 18.2 Å². The Kier molecular flexibility index (Phi) is 5.22. The predicted molar refractivity (Wildman–Crippen MR) is 103 cm³/mol. The molecule has 0 fully saturated rings. The van der Waals surface area contributed by atoms with E-state index in [-0.39, 0.29) is 29.2 Å². The maximum absolute atomic E-state index is 12.8. The van der Waals surface area contributed by atoms with Crippen LogP contribution in [0.4, 0.5) is 13.2 Å². The van der Waals surface area contributed by atoms with Crippen LogP contribution in [0.15, 0.2) is 42.5 Å². The van der Waals surface area contributed by atoms with Crippen LogP contribution in [-0.2, 0) is 19.1 Å². The van der Waals surface area contributed by atoms with Crippen LogP contribution in [0.1, 0.15) is 27.3 Å². The molecule has 7 nitrogen and oxygen atoms in total. The van der Waals surface area contributed by atoms with E-state index in [1.807, 2.05) is 24.3 Å². The average molecular weight is 419 g/mol. The number of aliphatic hydroxyl groups is 1. The summed E-state index contributed by atoms with van der Waals surface area (Å²) < 4.78 is 38.3. The molecule has 2 atom stereocenters. The first-order valence-corrected chi connectivity index (χ1v) is 9.33. The summed E-state index contributed by atoms with van der Waals surface area (Å²) in [5, 5.41) is 14.7. The number of amides is 1. The number of nitrogens with one attached hydrogen (secondary N) is 2. The maximum atomic E-state index is 12.8. The monoisotopic (exact) mass is 419 g/mol. The van der Waals surface area contributed by atoms with Crippen molar-refractivity contribution in [1.29, 1.82) is 0 Å². The smallest absolute Gasteiger partial charge is 0.390 e. The van der Waals surface area contributed by atoms with Gasteiger partial charge < -0.3 is 15.4 Å². The van der Waals surface area contributed by atoms with Crippen LogP contribution in [0.2, 0.25) is 0 Å². The zero-order chi connectivity index (χ0) is 21.5. The minimum atomic E-state index is -4.60. The molecule has 1 aliphatic heterocycles. The molecule has 1 aliphatic rings. The zero-order valence-corrected chi connectivity index (χ0v) is 15.8. The highest BCUT2D eigenvalue weighted by Crippen LogP contribution is 2.28. The van der Waals surface area contributed by atoms with Crippen molar-refractivity contribution in [2.45, 2.75) is 31.3 Å². The molecule has 0 saturated carbocycles. The number of hydrogen-bond acceptors (Lipinski definition) is 5. The van der Waals surface area contributed by atoms with Gasteiger partial charge in [0.2, 0.25) is 5.82 Å². The molecule has 158 valence electrons. The van der Waals surface area contributed by atoms with Crippen LogP contribution in [0.3, 0.4) is 0 Å². The number of imidazole rings is 1. The van der Waals surface area contributed by atoms with Gasteiger partial charge in [0.05, 0.1) is 23.2 Å². The number of aliphatic hydroxyl groups excluding tert-OH is 1. The Labute approximate surface area is 169 Å². The Hall–Kier alpha value is -2.95. The average Bonchev–Trinajstić information content (AvgIpc) is 3.15. The third kappa shape index (κ3) is 4.02. The first-order chi connectivity index (χ1) is 14.2. The van der Waals surface area contributed by atoms with E-state index in [9.17, 15) is 23.1 Å². The Morgan fingerprint density at radius 3 is 2.77 bits per heavy atom. The lowest BCUT2D eigenvalue weighted by Gasteiger charge is -2.36. The van der Waals surface area contributed by atoms with Crippen molar-refractivity contribution in [3.8, 4) is 0 Å². The van der Waals surface area contributed by atoms with Crippen LogP contribution >= 0.6 is 0 Å². The molecule has 0 saturated heterocycles. The number of rotatable bonds is 4. The molecular weight excluding hydrogens is 399 g/mol. The van der Waals surface area contributed by atoms with Crippen molar-refractivity contribution in [2.75, 3.05) is 6.54 Å². The SMILES string of the molecule is NN1Cc2ccccc2C[C@H]1[C@H](O)CNC(=O)c1ccc2nc(C(F)(F)F)[nH]c2c1. The molecule has 30 heavy (non-hydrogen) atoms. The molecule has 0 spiro atoms. The van der Waals surface area contributed by atoms with E-state index in [2.05, 4.69) is 15.3 Å². The van der Waals surface area contributed by atoms with Crippen molar-refractivity contribution >= 4 is 16.9 Å². The molecule has 10 heteroatoms. The fourth-order valence-corrected chi connectivity index (χ4v) is 3.64. The standard InChI is InChI=1S/C20H20F3N5O2/c21-20(22,23)19-26-14-6-5-12(7-15(14)27-19)18(30)25-9-17(29)16-8-11-3-1-2-4-13(11)10-28(16)24/h1-7,16-17,29H,8-10,24H2,(H,25,30)(H,26,27)/t16-,17+/m0/s1. The number of aromatic amines is 1. The summed E-state index contributed by atoms with van der Waals surface area (Å²) in [6.45, 7) is 0.443. The Morgan fingerprint density at radius 2 is 2.03 bits per heavy atom. The molecule has 0 bridgehead atoms. The van der Waals surface area contributed by atoms with Crippen LogP contribution in [0, 0.1) is 0 Å². The Balaban J connectivity index is 1.42. The van der Waals surface area contributed by atoms with E-state index in [4.69, 9.17) is 5.84 Å². The molecule has 0 aliphatic carbocycles. The van der Waals surface area contributed by atoms with Crippen LogP contribution in [0.5, 0.6) is 0 Å². The number of hydrazine groups is 1. The second kappa shape index (κ2) is 7.71. The van der Waals surface area contributed by atoms with Crippen molar-refractivity contribution in [1.82, 2.24) is 20.3 Å². The Bertz CT molecular complexity index is 1080. The lowest BCUT2D eigenvalue weighted by atomic mass is 9.92. The second-order valence-electron chi connectivity index (χ2n) is 7.30. The first-order valence-electron chi connectivity index (χ1n) is 9.33. The van der Waals surface area contributed by atoms with Crippen LogP contribution in [-0.4, -0.2) is 44.7 Å². The molecule has 2 aromatic carbocycles. The highest BCUT2D eigenvalue weighted by Gasteiger charge is 2.35. The summed E-state index contributed by atoms with van der Waals surface area (Å²) >= 11 is 0. The van der Waals surface area contributed by atoms with E-state index in [0.29, 0.717) is 13.0 Å². The van der Waals surface area contributed by atoms with Gasteiger partial charge >= 0.3 is 6.18 Å². The van der Waals surface area contributed by atoms with Crippen molar-refractivity contribution in [3.63, 3.8) is 0 Å². The van der Waals surface area contributed by atoms with Gasteiger partial charge in [-0.15, -0.1) is 0 Å². The van der Waals surface area contributed by atoms with Crippen molar-refractivity contribution in [2.24, 2.45) is 5.84 Å². The van der Waals surface area contributed by atoms with Gasteiger partial charge in [-0.1, -0.05) is 24.3 Å². The quantitative estimate of drug-likeness (QED) is 0.484. The number of aromatic nitrogens is 2. The van der Waals surface area contributed by atoms with Gasteiger partial charge in [-0.2, -0.15) is 13.2 Å². The molecule has 4 rings (SSSR count). The number of nitrogens with two attached hydrogens (primary N) is 1. The Morgan fingerprint density at radius 1 is 1.30 bits per heavy atom. The summed E-state index contributed by atoms with van der Waals surface area (Å²) in [5.41, 5.74) is 2.56. The fourth-order valence-electron chi connectivity index (χ4n) is 3.64. The molecule has 3 aromatic rings. The van der Waals surface area contributed by atoms with E-state index < -0.39 is 24.0 Å². The van der Waals surface area contributed by atoms with Gasteiger partial charge in [0.15, 0.2) is 0 Å². The number of nitrogens with zero attached hydrogens (tertiary/aromatic N) is 2. The maximum Gasteiger partial charge on any atom is 0.449 e. The molecule has 5 N–H and O–H groups in total. The number of H-pyrrole nitrogens is 1. The summed E-state index contributed by atoms with van der Waals surface area (Å²) in [6.07, 6.45) is -4.97. The number of benzene rings is 2.